The normalized spacial score (nSPS) is 9.53. The van der Waals surface area contributed by atoms with Crippen molar-refractivity contribution in [1.29, 1.82) is 0 Å². The maximum atomic E-state index is 11.3. The Balaban J connectivity index is 3.14. The van der Waals surface area contributed by atoms with E-state index < -0.39 is 5.97 Å². The van der Waals surface area contributed by atoms with E-state index >= 15 is 0 Å². The van der Waals surface area contributed by atoms with Crippen LogP contribution in [0.3, 0.4) is 0 Å². The molecule has 0 spiro atoms. The van der Waals surface area contributed by atoms with E-state index in [4.69, 9.17) is 0 Å². The van der Waals surface area contributed by atoms with Gasteiger partial charge in [0.05, 0.1) is 12.8 Å². The Morgan fingerprint density at radius 1 is 1.47 bits per heavy atom. The zero-order valence-electron chi connectivity index (χ0n) is 8.20. The van der Waals surface area contributed by atoms with Crippen molar-refractivity contribution in [2.75, 3.05) is 12.4 Å². The highest BCUT2D eigenvalue weighted by atomic mass is 79.9. The number of nitrogens with one attached hydrogen (secondary N) is 1. The average Bonchev–Trinajstić information content (AvgIpc) is 2.19. The van der Waals surface area contributed by atoms with Gasteiger partial charge in [0.25, 0.3) is 0 Å². The molecule has 0 aliphatic rings. The van der Waals surface area contributed by atoms with Gasteiger partial charge in [-0.15, -0.1) is 0 Å². The molecule has 0 fully saturated rings. The summed E-state index contributed by atoms with van der Waals surface area (Å²) in [6, 6.07) is 3.20. The monoisotopic (exact) mass is 272 g/mol. The molecule has 1 N–H and O–H groups in total. The fourth-order valence-corrected chi connectivity index (χ4v) is 1.29. The highest BCUT2D eigenvalue weighted by molar-refractivity contribution is 9.10. The summed E-state index contributed by atoms with van der Waals surface area (Å²) in [5, 5.41) is 2.49. The number of methoxy groups -OCH3 is 1. The number of nitrogens with zero attached hydrogens (tertiary/aromatic N) is 1. The zero-order chi connectivity index (χ0) is 11.4. The molecule has 1 heterocycles. The van der Waals surface area contributed by atoms with E-state index in [0.717, 1.165) is 0 Å². The van der Waals surface area contributed by atoms with Crippen LogP contribution < -0.4 is 5.32 Å². The number of hydrogen-bond donors (Lipinski definition) is 1. The number of hydrogen-bond acceptors (Lipinski definition) is 4. The lowest BCUT2D eigenvalue weighted by Gasteiger charge is -2.07. The number of amides is 1. The van der Waals surface area contributed by atoms with Crippen LogP contribution in [0.2, 0.25) is 0 Å². The minimum atomic E-state index is -0.597. The first-order valence-electron chi connectivity index (χ1n) is 4.07. The van der Waals surface area contributed by atoms with E-state index in [1.165, 1.54) is 14.0 Å². The summed E-state index contributed by atoms with van der Waals surface area (Å²) in [6.07, 6.45) is 0. The molecule has 1 rings (SSSR count). The van der Waals surface area contributed by atoms with Crippen molar-refractivity contribution in [3.05, 3.63) is 22.4 Å². The SMILES string of the molecule is COC(=O)c1nc(Br)ccc1NC(C)=O. The van der Waals surface area contributed by atoms with Gasteiger partial charge >= 0.3 is 5.97 Å². The van der Waals surface area contributed by atoms with Crippen molar-refractivity contribution in [2.45, 2.75) is 6.92 Å². The number of rotatable bonds is 2. The summed E-state index contributed by atoms with van der Waals surface area (Å²) in [6.45, 7) is 1.35. The number of anilines is 1. The van der Waals surface area contributed by atoms with Crippen LogP contribution in [0, 0.1) is 0 Å². The smallest absolute Gasteiger partial charge is 0.358 e. The minimum absolute atomic E-state index is 0.0714. The Kier molecular flexibility index (Phi) is 3.79. The number of esters is 1. The van der Waals surface area contributed by atoms with Crippen molar-refractivity contribution in [3.8, 4) is 0 Å². The second-order valence-corrected chi connectivity index (χ2v) is 3.52. The molecule has 0 radical (unpaired) electrons. The molecule has 0 aromatic carbocycles. The number of ether oxygens (including phenoxy) is 1. The van der Waals surface area contributed by atoms with Crippen LogP contribution in [0.1, 0.15) is 17.4 Å². The van der Waals surface area contributed by atoms with Gasteiger partial charge in [0, 0.05) is 6.92 Å². The molecule has 6 heteroatoms. The van der Waals surface area contributed by atoms with E-state index in [9.17, 15) is 9.59 Å². The molecule has 0 saturated carbocycles. The Morgan fingerprint density at radius 2 is 2.13 bits per heavy atom. The van der Waals surface area contributed by atoms with Crippen LogP contribution in [-0.4, -0.2) is 24.0 Å². The molecule has 1 aromatic rings. The lowest BCUT2D eigenvalue weighted by molar-refractivity contribution is -0.114. The number of carbonyl (C=O) groups is 2. The fraction of sp³-hybridized carbons (Fsp3) is 0.222. The first-order valence-corrected chi connectivity index (χ1v) is 4.86. The molecule has 0 saturated heterocycles. The largest absolute Gasteiger partial charge is 0.464 e. The molecule has 15 heavy (non-hydrogen) atoms. The lowest BCUT2D eigenvalue weighted by atomic mass is 10.3. The van der Waals surface area contributed by atoms with Gasteiger partial charge in [0.1, 0.15) is 4.60 Å². The van der Waals surface area contributed by atoms with E-state index in [2.05, 4.69) is 31.0 Å². The van der Waals surface area contributed by atoms with E-state index in [1.807, 2.05) is 0 Å². The van der Waals surface area contributed by atoms with Crippen molar-refractivity contribution in [1.82, 2.24) is 4.98 Å². The highest BCUT2D eigenvalue weighted by Crippen LogP contribution is 2.17. The van der Waals surface area contributed by atoms with Gasteiger partial charge in [-0.1, -0.05) is 0 Å². The van der Waals surface area contributed by atoms with Crippen molar-refractivity contribution in [2.24, 2.45) is 0 Å². The lowest BCUT2D eigenvalue weighted by Crippen LogP contribution is -2.13. The molecule has 0 atom stereocenters. The maximum absolute atomic E-state index is 11.3. The minimum Gasteiger partial charge on any atom is -0.464 e. The van der Waals surface area contributed by atoms with Crippen LogP contribution in [0.4, 0.5) is 5.69 Å². The van der Waals surface area contributed by atoms with Crippen LogP contribution >= 0.6 is 15.9 Å². The van der Waals surface area contributed by atoms with Crippen LogP contribution in [0.25, 0.3) is 0 Å². The first kappa shape index (κ1) is 11.6. The van der Waals surface area contributed by atoms with Gasteiger partial charge in [0.15, 0.2) is 5.69 Å². The van der Waals surface area contributed by atoms with Gasteiger partial charge in [-0.25, -0.2) is 9.78 Å². The molecular weight excluding hydrogens is 264 g/mol. The number of aromatic nitrogens is 1. The number of halogens is 1. The third kappa shape index (κ3) is 3.02. The van der Waals surface area contributed by atoms with Gasteiger partial charge in [0.2, 0.25) is 5.91 Å². The second-order valence-electron chi connectivity index (χ2n) is 2.70. The third-order valence-corrected chi connectivity index (χ3v) is 1.99. The molecule has 0 aliphatic heterocycles. The summed E-state index contributed by atoms with van der Waals surface area (Å²) >= 11 is 3.13. The predicted molar refractivity (Wildman–Crippen MR) is 57.6 cm³/mol. The zero-order valence-corrected chi connectivity index (χ0v) is 9.79. The molecule has 0 unspecified atom stereocenters. The van der Waals surface area contributed by atoms with Crippen LogP contribution in [0.5, 0.6) is 0 Å². The van der Waals surface area contributed by atoms with Crippen LogP contribution in [-0.2, 0) is 9.53 Å². The molecule has 0 aliphatic carbocycles. The molecule has 0 bridgehead atoms. The van der Waals surface area contributed by atoms with Crippen molar-refractivity contribution < 1.29 is 14.3 Å². The topological polar surface area (TPSA) is 68.3 Å². The fourth-order valence-electron chi connectivity index (χ4n) is 0.978. The third-order valence-electron chi connectivity index (χ3n) is 1.55. The molecule has 1 amide bonds. The highest BCUT2D eigenvalue weighted by Gasteiger charge is 2.14. The van der Waals surface area contributed by atoms with Crippen molar-refractivity contribution >= 4 is 33.5 Å². The van der Waals surface area contributed by atoms with E-state index in [1.54, 1.807) is 12.1 Å². The van der Waals surface area contributed by atoms with Gasteiger partial charge < -0.3 is 10.1 Å². The van der Waals surface area contributed by atoms with E-state index in [0.29, 0.717) is 10.3 Å². The predicted octanol–water partition coefficient (Wildman–Crippen LogP) is 1.59. The Labute approximate surface area is 95.0 Å². The average molecular weight is 273 g/mol. The molecular formula is C9H9BrN2O3. The second kappa shape index (κ2) is 4.88. The summed E-state index contributed by atoms with van der Waals surface area (Å²) in [7, 11) is 1.25. The summed E-state index contributed by atoms with van der Waals surface area (Å²) < 4.78 is 5.04. The molecule has 5 nitrogen and oxygen atoms in total. The first-order chi connectivity index (χ1) is 7.04. The summed E-state index contributed by atoms with van der Waals surface area (Å²) in [5.74, 6) is -0.871. The van der Waals surface area contributed by atoms with Crippen LogP contribution in [0.15, 0.2) is 16.7 Å². The molecule has 80 valence electrons. The summed E-state index contributed by atoms with van der Waals surface area (Å²) in [4.78, 5) is 26.1. The number of pyridine rings is 1. The maximum Gasteiger partial charge on any atom is 0.358 e. The Hall–Kier alpha value is -1.43. The van der Waals surface area contributed by atoms with Crippen molar-refractivity contribution in [3.63, 3.8) is 0 Å². The molecule has 1 aromatic heterocycles. The standard InChI is InChI=1S/C9H9BrN2O3/c1-5(13)11-6-3-4-7(10)12-8(6)9(14)15-2/h3-4H,1-2H3,(H,11,13). The van der Waals surface area contributed by atoms with Gasteiger partial charge in [-0.05, 0) is 28.1 Å². The van der Waals surface area contributed by atoms with Gasteiger partial charge in [-0.2, -0.15) is 0 Å². The Bertz CT molecular complexity index is 406. The quantitative estimate of drug-likeness (QED) is 0.656. The van der Waals surface area contributed by atoms with E-state index in [-0.39, 0.29) is 11.6 Å². The number of carbonyl (C=O) groups excluding carboxylic acids is 2. The summed E-state index contributed by atoms with van der Waals surface area (Å²) in [5.41, 5.74) is 0.402. The van der Waals surface area contributed by atoms with Gasteiger partial charge in [-0.3, -0.25) is 4.79 Å². The Morgan fingerprint density at radius 3 is 2.67 bits per heavy atom.